The summed E-state index contributed by atoms with van der Waals surface area (Å²) in [6.45, 7) is 0. The zero-order valence-electron chi connectivity index (χ0n) is 16.1. The number of carbonyl (C=O) groups excluding carboxylic acids is 1. The van der Waals surface area contributed by atoms with Gasteiger partial charge in [-0.05, 0) is 37.5 Å². The second-order valence-corrected chi connectivity index (χ2v) is 7.14. The molecule has 1 aliphatic rings. The van der Waals surface area contributed by atoms with Crippen molar-refractivity contribution in [2.75, 3.05) is 10.6 Å². The summed E-state index contributed by atoms with van der Waals surface area (Å²) < 4.78 is 0. The lowest BCUT2D eigenvalue weighted by molar-refractivity contribution is 0.1000. The number of rotatable bonds is 6. The normalized spacial score (nSPS) is 21.2. The molecule has 156 valence electrons. The van der Waals surface area contributed by atoms with Crippen molar-refractivity contribution in [2.45, 2.75) is 37.5 Å². The van der Waals surface area contributed by atoms with Crippen LogP contribution in [0.15, 0.2) is 42.9 Å². The van der Waals surface area contributed by atoms with Crippen LogP contribution in [0.3, 0.4) is 0 Å². The highest BCUT2D eigenvalue weighted by atomic mass is 16.3. The summed E-state index contributed by atoms with van der Waals surface area (Å²) in [6, 6.07) is 6.72. The summed E-state index contributed by atoms with van der Waals surface area (Å²) >= 11 is 0. The second-order valence-electron chi connectivity index (χ2n) is 7.14. The molecule has 11 nitrogen and oxygen atoms in total. The van der Waals surface area contributed by atoms with Crippen molar-refractivity contribution in [3.8, 4) is 5.69 Å². The monoisotopic (exact) mass is 409 g/mol. The third kappa shape index (κ3) is 4.21. The van der Waals surface area contributed by atoms with Crippen molar-refractivity contribution in [2.24, 2.45) is 11.5 Å². The summed E-state index contributed by atoms with van der Waals surface area (Å²) in [5.41, 5.74) is 13.1. The Morgan fingerprint density at radius 2 is 2.03 bits per heavy atom. The number of nitrogens with one attached hydrogen (secondary N) is 2. The molecule has 1 aliphatic carbocycles. The zero-order valence-corrected chi connectivity index (χ0v) is 16.1. The predicted octanol–water partition coefficient (Wildman–Crippen LogP) is 0.552. The van der Waals surface area contributed by atoms with Gasteiger partial charge in [-0.25, -0.2) is 4.98 Å². The number of hydrogen-bond donors (Lipinski definition) is 5. The minimum absolute atomic E-state index is 0.149. The fourth-order valence-electron chi connectivity index (χ4n) is 3.46. The third-order valence-corrected chi connectivity index (χ3v) is 5.05. The molecule has 11 heteroatoms. The molecule has 1 saturated carbocycles. The van der Waals surface area contributed by atoms with Gasteiger partial charge in [0.1, 0.15) is 11.4 Å². The SMILES string of the molecule is NC(=O)c1cnc(N[C@@H]2CCCC(O)[C@@H]2N)nc1Nc1cccc(-n2nccn2)c1. The molecule has 3 aromatic rings. The Morgan fingerprint density at radius 1 is 1.23 bits per heavy atom. The van der Waals surface area contributed by atoms with E-state index in [2.05, 4.69) is 30.8 Å². The average molecular weight is 409 g/mol. The summed E-state index contributed by atoms with van der Waals surface area (Å²) in [6.07, 6.45) is 6.28. The topological polar surface area (TPSA) is 170 Å². The molecule has 2 aromatic heterocycles. The van der Waals surface area contributed by atoms with Gasteiger partial charge in [0.05, 0.1) is 30.2 Å². The van der Waals surface area contributed by atoms with E-state index in [4.69, 9.17) is 11.5 Å². The van der Waals surface area contributed by atoms with Gasteiger partial charge in [-0.15, -0.1) is 0 Å². The molecule has 2 heterocycles. The van der Waals surface area contributed by atoms with Crippen LogP contribution < -0.4 is 22.1 Å². The minimum atomic E-state index is -0.654. The largest absolute Gasteiger partial charge is 0.391 e. The van der Waals surface area contributed by atoms with E-state index in [-0.39, 0.29) is 17.4 Å². The quantitative estimate of drug-likeness (QED) is 0.390. The Kier molecular flexibility index (Phi) is 5.55. The van der Waals surface area contributed by atoms with Crippen LogP contribution in [0.25, 0.3) is 5.69 Å². The fourth-order valence-corrected chi connectivity index (χ4v) is 3.46. The molecule has 1 unspecified atom stereocenters. The summed E-state index contributed by atoms with van der Waals surface area (Å²) in [5.74, 6) is -0.101. The van der Waals surface area contributed by atoms with E-state index < -0.39 is 18.1 Å². The van der Waals surface area contributed by atoms with Crippen LogP contribution in [0.4, 0.5) is 17.5 Å². The molecule has 0 saturated heterocycles. The first kappa shape index (κ1) is 19.7. The molecular weight excluding hydrogens is 386 g/mol. The second kappa shape index (κ2) is 8.43. The molecule has 7 N–H and O–H groups in total. The van der Waals surface area contributed by atoms with Crippen LogP contribution in [0.5, 0.6) is 0 Å². The number of amides is 1. The number of aliphatic hydroxyl groups excluding tert-OH is 1. The number of benzene rings is 1. The predicted molar refractivity (Wildman–Crippen MR) is 110 cm³/mol. The van der Waals surface area contributed by atoms with Crippen LogP contribution in [0.2, 0.25) is 0 Å². The van der Waals surface area contributed by atoms with Crippen LogP contribution in [-0.4, -0.2) is 54.2 Å². The Hall–Kier alpha value is -3.57. The van der Waals surface area contributed by atoms with Gasteiger partial charge in [0.25, 0.3) is 5.91 Å². The molecule has 3 atom stereocenters. The van der Waals surface area contributed by atoms with E-state index in [1.54, 1.807) is 12.4 Å². The molecule has 0 radical (unpaired) electrons. The lowest BCUT2D eigenvalue weighted by atomic mass is 9.88. The Balaban J connectivity index is 1.59. The van der Waals surface area contributed by atoms with Crippen LogP contribution >= 0.6 is 0 Å². The van der Waals surface area contributed by atoms with Gasteiger partial charge in [0.2, 0.25) is 5.95 Å². The Labute approximate surface area is 172 Å². The lowest BCUT2D eigenvalue weighted by Gasteiger charge is -2.33. The van der Waals surface area contributed by atoms with Gasteiger partial charge < -0.3 is 27.2 Å². The van der Waals surface area contributed by atoms with E-state index in [9.17, 15) is 9.90 Å². The number of anilines is 3. The number of carbonyl (C=O) groups is 1. The number of hydrogen-bond acceptors (Lipinski definition) is 9. The maximum absolute atomic E-state index is 11.9. The summed E-state index contributed by atoms with van der Waals surface area (Å²) in [7, 11) is 0. The highest BCUT2D eigenvalue weighted by Gasteiger charge is 2.29. The molecule has 4 rings (SSSR count). The van der Waals surface area contributed by atoms with E-state index in [0.29, 0.717) is 18.1 Å². The highest BCUT2D eigenvalue weighted by Crippen LogP contribution is 2.24. The number of aromatic nitrogens is 5. The van der Waals surface area contributed by atoms with E-state index in [1.807, 2.05) is 24.3 Å². The first-order valence-corrected chi connectivity index (χ1v) is 9.62. The van der Waals surface area contributed by atoms with Gasteiger partial charge in [0, 0.05) is 17.9 Å². The maximum Gasteiger partial charge on any atom is 0.254 e. The van der Waals surface area contributed by atoms with Crippen LogP contribution in [-0.2, 0) is 0 Å². The van der Waals surface area contributed by atoms with Crippen molar-refractivity contribution in [1.29, 1.82) is 0 Å². The summed E-state index contributed by atoms with van der Waals surface area (Å²) in [4.78, 5) is 22.0. The maximum atomic E-state index is 11.9. The zero-order chi connectivity index (χ0) is 21.1. The van der Waals surface area contributed by atoms with Gasteiger partial charge in [-0.2, -0.15) is 20.0 Å². The molecular formula is C19H23N9O2. The first-order chi connectivity index (χ1) is 14.5. The van der Waals surface area contributed by atoms with Crippen molar-refractivity contribution in [1.82, 2.24) is 25.0 Å². The van der Waals surface area contributed by atoms with Crippen molar-refractivity contribution in [3.63, 3.8) is 0 Å². The van der Waals surface area contributed by atoms with Gasteiger partial charge in [-0.1, -0.05) is 6.07 Å². The fraction of sp³-hybridized carbons (Fsp3) is 0.316. The molecule has 1 aromatic carbocycles. The third-order valence-electron chi connectivity index (χ3n) is 5.05. The highest BCUT2D eigenvalue weighted by molar-refractivity contribution is 5.98. The number of aliphatic hydroxyl groups is 1. The Bertz CT molecular complexity index is 1020. The van der Waals surface area contributed by atoms with E-state index in [0.717, 1.165) is 18.5 Å². The Morgan fingerprint density at radius 3 is 2.80 bits per heavy atom. The standard InChI is InChI=1S/C19H23N9O2/c20-16-14(5-2-6-15(16)29)26-19-22-10-13(17(21)30)18(27-19)25-11-3-1-4-12(9-11)28-23-7-8-24-28/h1,3-4,7-10,14-16,29H,2,5-6,20H2,(H2,21,30)(H2,22,25,26,27)/t14-,15?,16-/m1/s1. The van der Waals surface area contributed by atoms with Crippen molar-refractivity contribution < 1.29 is 9.90 Å². The number of primary amides is 1. The van der Waals surface area contributed by atoms with Crippen LogP contribution in [0.1, 0.15) is 29.6 Å². The molecule has 1 amide bonds. The number of nitrogens with zero attached hydrogens (tertiary/aromatic N) is 5. The van der Waals surface area contributed by atoms with Gasteiger partial charge in [-0.3, -0.25) is 4.79 Å². The summed E-state index contributed by atoms with van der Waals surface area (Å²) in [5, 5.41) is 24.5. The van der Waals surface area contributed by atoms with Gasteiger partial charge >= 0.3 is 0 Å². The smallest absolute Gasteiger partial charge is 0.254 e. The molecule has 0 bridgehead atoms. The van der Waals surface area contributed by atoms with Crippen molar-refractivity contribution in [3.05, 3.63) is 48.4 Å². The average Bonchev–Trinajstić information content (AvgIpc) is 3.27. The lowest BCUT2D eigenvalue weighted by Crippen LogP contribution is -2.51. The first-order valence-electron chi connectivity index (χ1n) is 9.62. The van der Waals surface area contributed by atoms with E-state index >= 15 is 0 Å². The van der Waals surface area contributed by atoms with E-state index in [1.165, 1.54) is 11.0 Å². The molecule has 0 spiro atoms. The molecule has 30 heavy (non-hydrogen) atoms. The number of nitrogens with two attached hydrogens (primary N) is 2. The van der Waals surface area contributed by atoms with Gasteiger partial charge in [0.15, 0.2) is 0 Å². The minimum Gasteiger partial charge on any atom is -0.391 e. The molecule has 1 fully saturated rings. The van der Waals surface area contributed by atoms with Crippen LogP contribution in [0, 0.1) is 0 Å². The van der Waals surface area contributed by atoms with Crippen molar-refractivity contribution >= 4 is 23.4 Å². The molecule has 0 aliphatic heterocycles.